The normalized spacial score (nSPS) is 25.8. The van der Waals surface area contributed by atoms with Gasteiger partial charge in [-0.1, -0.05) is 24.3 Å². The van der Waals surface area contributed by atoms with Gasteiger partial charge in [-0.3, -0.25) is 9.59 Å². The van der Waals surface area contributed by atoms with Crippen LogP contribution in [0.1, 0.15) is 43.2 Å². The molecule has 1 aliphatic carbocycles. The van der Waals surface area contributed by atoms with Crippen LogP contribution in [0.15, 0.2) is 24.3 Å². The number of aryl methyl sites for hydroxylation is 1. The maximum atomic E-state index is 13.0. The van der Waals surface area contributed by atoms with Crippen LogP contribution >= 0.6 is 0 Å². The topological polar surface area (TPSA) is 40.6 Å². The molecule has 0 bridgehead atoms. The van der Waals surface area contributed by atoms with Crippen LogP contribution in [0.3, 0.4) is 0 Å². The molecule has 4 nitrogen and oxygen atoms in total. The van der Waals surface area contributed by atoms with Gasteiger partial charge < -0.3 is 9.80 Å². The first-order valence-corrected chi connectivity index (χ1v) is 9.66. The fraction of sp³-hybridized carbons (Fsp3) is 0.619. The van der Waals surface area contributed by atoms with Crippen molar-refractivity contribution in [2.45, 2.75) is 44.9 Å². The van der Waals surface area contributed by atoms with Gasteiger partial charge in [0.2, 0.25) is 11.8 Å². The standard InChI is InChI=1S/C21H28N2O2/c1-22-15-21(9-8-19(22)24)10-12-23(13-11-21)20(25)18-7-6-16-4-2-3-5-17(16)14-18/h2-5,18H,6-15H2,1H3. The lowest BCUT2D eigenvalue weighted by Gasteiger charge is -2.47. The minimum Gasteiger partial charge on any atom is -0.345 e. The molecule has 134 valence electrons. The van der Waals surface area contributed by atoms with E-state index in [4.69, 9.17) is 0 Å². The summed E-state index contributed by atoms with van der Waals surface area (Å²) >= 11 is 0. The van der Waals surface area contributed by atoms with Gasteiger partial charge in [0.25, 0.3) is 0 Å². The van der Waals surface area contributed by atoms with Crippen molar-refractivity contribution in [1.82, 2.24) is 9.80 Å². The van der Waals surface area contributed by atoms with E-state index in [9.17, 15) is 9.59 Å². The monoisotopic (exact) mass is 340 g/mol. The van der Waals surface area contributed by atoms with E-state index in [0.717, 1.165) is 58.2 Å². The molecule has 2 heterocycles. The lowest BCUT2D eigenvalue weighted by atomic mass is 9.72. The summed E-state index contributed by atoms with van der Waals surface area (Å²) in [6.07, 6.45) is 6.65. The number of benzene rings is 1. The van der Waals surface area contributed by atoms with E-state index in [0.29, 0.717) is 12.3 Å². The number of nitrogens with zero attached hydrogens (tertiary/aromatic N) is 2. The largest absolute Gasteiger partial charge is 0.345 e. The van der Waals surface area contributed by atoms with Crippen LogP contribution < -0.4 is 0 Å². The lowest BCUT2D eigenvalue weighted by molar-refractivity contribution is -0.143. The molecule has 0 aromatic heterocycles. The number of rotatable bonds is 1. The summed E-state index contributed by atoms with van der Waals surface area (Å²) in [6.45, 7) is 2.59. The van der Waals surface area contributed by atoms with Crippen LogP contribution in [0.25, 0.3) is 0 Å². The van der Waals surface area contributed by atoms with E-state index in [1.807, 2.05) is 11.9 Å². The van der Waals surface area contributed by atoms with E-state index in [1.165, 1.54) is 11.1 Å². The van der Waals surface area contributed by atoms with Gasteiger partial charge >= 0.3 is 0 Å². The van der Waals surface area contributed by atoms with Crippen molar-refractivity contribution in [3.8, 4) is 0 Å². The Kier molecular flexibility index (Phi) is 4.30. The maximum absolute atomic E-state index is 13.0. The van der Waals surface area contributed by atoms with Crippen molar-refractivity contribution < 1.29 is 9.59 Å². The first kappa shape index (κ1) is 16.6. The maximum Gasteiger partial charge on any atom is 0.226 e. The summed E-state index contributed by atoms with van der Waals surface area (Å²) in [7, 11) is 1.92. The second-order valence-corrected chi connectivity index (χ2v) is 8.28. The number of amides is 2. The van der Waals surface area contributed by atoms with Crippen molar-refractivity contribution in [3.63, 3.8) is 0 Å². The zero-order chi connectivity index (χ0) is 17.4. The van der Waals surface area contributed by atoms with Crippen molar-refractivity contribution in [2.24, 2.45) is 11.3 Å². The Morgan fingerprint density at radius 3 is 2.52 bits per heavy atom. The van der Waals surface area contributed by atoms with Crippen LogP contribution in [0.2, 0.25) is 0 Å². The molecule has 4 heteroatoms. The van der Waals surface area contributed by atoms with Crippen molar-refractivity contribution in [3.05, 3.63) is 35.4 Å². The molecule has 2 aliphatic heterocycles. The molecule has 1 aromatic rings. The van der Waals surface area contributed by atoms with Crippen LogP contribution in [-0.2, 0) is 22.4 Å². The highest BCUT2D eigenvalue weighted by Crippen LogP contribution is 2.40. The minimum absolute atomic E-state index is 0.152. The van der Waals surface area contributed by atoms with Gasteiger partial charge in [-0.15, -0.1) is 0 Å². The molecule has 3 aliphatic rings. The molecule has 0 N–H and O–H groups in total. The number of carbonyl (C=O) groups excluding carboxylic acids is 2. The second kappa shape index (κ2) is 6.47. The summed E-state index contributed by atoms with van der Waals surface area (Å²) in [6, 6.07) is 8.55. The molecule has 1 atom stereocenters. The summed E-state index contributed by atoms with van der Waals surface area (Å²) in [4.78, 5) is 28.8. The fourth-order valence-corrected chi connectivity index (χ4v) is 5.01. The molecule has 2 saturated heterocycles. The van der Waals surface area contributed by atoms with Crippen LogP contribution in [0.4, 0.5) is 0 Å². The average molecular weight is 340 g/mol. The van der Waals surface area contributed by atoms with Crippen LogP contribution in [-0.4, -0.2) is 48.3 Å². The van der Waals surface area contributed by atoms with Crippen molar-refractivity contribution >= 4 is 11.8 Å². The fourth-order valence-electron chi connectivity index (χ4n) is 5.01. The van der Waals surface area contributed by atoms with Gasteiger partial charge in [-0.25, -0.2) is 0 Å². The van der Waals surface area contributed by atoms with E-state index in [2.05, 4.69) is 29.2 Å². The third kappa shape index (κ3) is 3.19. The molecule has 2 amide bonds. The van der Waals surface area contributed by atoms with E-state index in [-0.39, 0.29) is 17.2 Å². The minimum atomic E-state index is 0.152. The molecule has 4 rings (SSSR count). The molecule has 1 spiro atoms. The average Bonchev–Trinajstić information content (AvgIpc) is 2.65. The van der Waals surface area contributed by atoms with E-state index < -0.39 is 0 Å². The summed E-state index contributed by atoms with van der Waals surface area (Å²) in [5.41, 5.74) is 3.02. The SMILES string of the molecule is CN1CC2(CCC1=O)CCN(C(=O)C1CCc3ccccc3C1)CC2. The second-order valence-electron chi connectivity index (χ2n) is 8.28. The highest BCUT2D eigenvalue weighted by molar-refractivity contribution is 5.80. The number of piperidine rings is 2. The molecule has 1 unspecified atom stereocenters. The van der Waals surface area contributed by atoms with Gasteiger partial charge in [-0.05, 0) is 55.1 Å². The Bertz CT molecular complexity index is 676. The highest BCUT2D eigenvalue weighted by Gasteiger charge is 2.41. The molecular weight excluding hydrogens is 312 g/mol. The predicted molar refractivity (Wildman–Crippen MR) is 97.1 cm³/mol. The summed E-state index contributed by atoms with van der Waals surface area (Å²) in [5, 5.41) is 0. The summed E-state index contributed by atoms with van der Waals surface area (Å²) < 4.78 is 0. The third-order valence-corrected chi connectivity index (χ3v) is 6.70. The number of carbonyl (C=O) groups is 2. The third-order valence-electron chi connectivity index (χ3n) is 6.70. The number of fused-ring (bicyclic) bond motifs is 1. The highest BCUT2D eigenvalue weighted by atomic mass is 16.2. The Morgan fingerprint density at radius 2 is 1.80 bits per heavy atom. The van der Waals surface area contributed by atoms with Gasteiger partial charge in [0, 0.05) is 39.0 Å². The molecule has 25 heavy (non-hydrogen) atoms. The Hall–Kier alpha value is -1.84. The van der Waals surface area contributed by atoms with Crippen LogP contribution in [0, 0.1) is 11.3 Å². The zero-order valence-corrected chi connectivity index (χ0v) is 15.2. The Morgan fingerprint density at radius 1 is 1.08 bits per heavy atom. The number of hydrogen-bond donors (Lipinski definition) is 0. The molecule has 2 fully saturated rings. The van der Waals surface area contributed by atoms with Gasteiger partial charge in [0.1, 0.15) is 0 Å². The summed E-state index contributed by atoms with van der Waals surface area (Å²) in [5.74, 6) is 0.772. The number of hydrogen-bond acceptors (Lipinski definition) is 2. The first-order chi connectivity index (χ1) is 12.1. The van der Waals surface area contributed by atoms with E-state index in [1.54, 1.807) is 0 Å². The Balaban J connectivity index is 1.37. The van der Waals surface area contributed by atoms with Gasteiger partial charge in [0.05, 0.1) is 0 Å². The van der Waals surface area contributed by atoms with Crippen molar-refractivity contribution in [1.29, 1.82) is 0 Å². The zero-order valence-electron chi connectivity index (χ0n) is 15.2. The predicted octanol–water partition coefficient (Wildman–Crippen LogP) is 2.65. The van der Waals surface area contributed by atoms with Crippen LogP contribution in [0.5, 0.6) is 0 Å². The molecule has 1 aromatic carbocycles. The first-order valence-electron chi connectivity index (χ1n) is 9.66. The van der Waals surface area contributed by atoms with Gasteiger partial charge in [0.15, 0.2) is 0 Å². The van der Waals surface area contributed by atoms with E-state index >= 15 is 0 Å². The van der Waals surface area contributed by atoms with Gasteiger partial charge in [-0.2, -0.15) is 0 Å². The Labute approximate surface area is 150 Å². The smallest absolute Gasteiger partial charge is 0.226 e. The van der Waals surface area contributed by atoms with Crippen molar-refractivity contribution in [2.75, 3.05) is 26.7 Å². The number of likely N-dealkylation sites (tertiary alicyclic amines) is 2. The molecular formula is C21H28N2O2. The molecule has 0 saturated carbocycles. The quantitative estimate of drug-likeness (QED) is 0.788. The molecule has 0 radical (unpaired) electrons. The lowest BCUT2D eigenvalue weighted by Crippen LogP contribution is -2.52.